The highest BCUT2D eigenvalue weighted by Gasteiger charge is 2.58. The maximum absolute atomic E-state index is 13.5. The molecule has 2 N–H and O–H groups in total. The number of β-amino-alcohol motifs (C(OH)–C–C–N with tert-alkyl or cyclic N) is 2. The highest BCUT2D eigenvalue weighted by atomic mass is 35.5. The smallest absolute Gasteiger partial charge is 0.419 e. The van der Waals surface area contributed by atoms with E-state index in [1.165, 1.54) is 18.2 Å². The number of hydrogen-bond acceptors (Lipinski definition) is 8. The van der Waals surface area contributed by atoms with E-state index in [0.717, 1.165) is 41.0 Å². The second-order valence-electron chi connectivity index (χ2n) is 12.8. The molecule has 13 heteroatoms. The lowest BCUT2D eigenvalue weighted by Gasteiger charge is -2.39. The van der Waals surface area contributed by atoms with E-state index in [2.05, 4.69) is 4.90 Å². The number of rotatable bonds is 10. The Hall–Kier alpha value is -3.71. The summed E-state index contributed by atoms with van der Waals surface area (Å²) < 4.78 is 63.8. The summed E-state index contributed by atoms with van der Waals surface area (Å²) in [5, 5.41) is 21.8. The Bertz CT molecular complexity index is 1610. The molecule has 3 aromatic rings. The summed E-state index contributed by atoms with van der Waals surface area (Å²) in [7, 11) is 1.57. The zero-order valence-electron chi connectivity index (χ0n) is 26.5. The van der Waals surface area contributed by atoms with Gasteiger partial charge in [0, 0.05) is 63.0 Å². The van der Waals surface area contributed by atoms with Crippen LogP contribution in [0.5, 0.6) is 23.0 Å². The number of amides is 1. The first-order valence-electron chi connectivity index (χ1n) is 15.8. The van der Waals surface area contributed by atoms with Crippen LogP contribution in [0.15, 0.2) is 60.7 Å². The number of benzene rings is 3. The third-order valence-electron chi connectivity index (χ3n) is 9.34. The van der Waals surface area contributed by atoms with Crippen molar-refractivity contribution in [1.29, 1.82) is 0 Å². The first-order valence-corrected chi connectivity index (χ1v) is 16.2. The fraction of sp³-hybridized carbons (Fsp3) is 0.457. The van der Waals surface area contributed by atoms with Crippen LogP contribution in [0.2, 0.25) is 5.02 Å². The highest BCUT2D eigenvalue weighted by molar-refractivity contribution is 6.30. The number of aliphatic hydroxyl groups is 2. The summed E-state index contributed by atoms with van der Waals surface area (Å²) in [4.78, 5) is 16.5. The van der Waals surface area contributed by atoms with E-state index in [4.69, 9.17) is 30.5 Å². The van der Waals surface area contributed by atoms with Crippen LogP contribution in [-0.2, 0) is 13.0 Å². The van der Waals surface area contributed by atoms with E-state index in [1.54, 1.807) is 19.2 Å². The molecule has 3 aliphatic heterocycles. The van der Waals surface area contributed by atoms with Crippen molar-refractivity contribution in [2.45, 2.75) is 55.8 Å². The molecule has 0 aliphatic carbocycles. The molecule has 0 bridgehead atoms. The molecule has 6 rings (SSSR count). The Morgan fingerprint density at radius 3 is 2.42 bits per heavy atom. The molecule has 1 spiro atoms. The Morgan fingerprint density at radius 1 is 1.00 bits per heavy atom. The van der Waals surface area contributed by atoms with Crippen molar-refractivity contribution in [2.24, 2.45) is 0 Å². The molecule has 1 unspecified atom stereocenters. The molecule has 3 aliphatic rings. The van der Waals surface area contributed by atoms with Crippen LogP contribution in [0.4, 0.5) is 13.2 Å². The highest BCUT2D eigenvalue weighted by Crippen LogP contribution is 2.42. The maximum atomic E-state index is 13.5. The minimum Gasteiger partial charge on any atom is -0.497 e. The SMILES string of the molecule is COc1ccc(COc2ccc(C(=O)N3CCC(O)(C(F)(F)F)C3)c(OC[C@H](O)CN3CCC4(CC3)Cc3cc(Cl)ccc3O4)c2)cc1. The number of aliphatic hydroxyl groups excluding tert-OH is 1. The molecule has 0 radical (unpaired) electrons. The number of piperidine rings is 1. The molecular weight excluding hydrogens is 653 g/mol. The van der Waals surface area contributed by atoms with Gasteiger partial charge in [-0.05, 0) is 53.6 Å². The number of ether oxygens (including phenoxy) is 4. The van der Waals surface area contributed by atoms with Crippen molar-refractivity contribution in [3.8, 4) is 23.0 Å². The summed E-state index contributed by atoms with van der Waals surface area (Å²) in [5.74, 6) is 1.25. The van der Waals surface area contributed by atoms with Gasteiger partial charge < -0.3 is 39.0 Å². The first-order chi connectivity index (χ1) is 22.9. The van der Waals surface area contributed by atoms with Crippen molar-refractivity contribution in [2.75, 3.05) is 46.4 Å². The number of likely N-dealkylation sites (tertiary alicyclic amines) is 2. The largest absolute Gasteiger partial charge is 0.497 e. The van der Waals surface area contributed by atoms with Crippen LogP contribution in [0.3, 0.4) is 0 Å². The van der Waals surface area contributed by atoms with Gasteiger partial charge in [-0.25, -0.2) is 0 Å². The lowest BCUT2D eigenvalue weighted by molar-refractivity contribution is -0.253. The Balaban J connectivity index is 1.09. The van der Waals surface area contributed by atoms with E-state index in [-0.39, 0.29) is 36.7 Å². The van der Waals surface area contributed by atoms with Gasteiger partial charge in [0.2, 0.25) is 0 Å². The normalized spacial score (nSPS) is 21.1. The topological polar surface area (TPSA) is 101 Å². The van der Waals surface area contributed by atoms with Crippen LogP contribution in [0.25, 0.3) is 0 Å². The van der Waals surface area contributed by atoms with E-state index >= 15 is 0 Å². The second-order valence-corrected chi connectivity index (χ2v) is 13.2. The van der Waals surface area contributed by atoms with E-state index < -0.39 is 36.8 Å². The summed E-state index contributed by atoms with van der Waals surface area (Å²) >= 11 is 6.17. The van der Waals surface area contributed by atoms with Crippen molar-refractivity contribution in [3.05, 3.63) is 82.4 Å². The fourth-order valence-corrected chi connectivity index (χ4v) is 6.70. The van der Waals surface area contributed by atoms with Crippen LogP contribution in [0, 0.1) is 0 Å². The molecule has 1 amide bonds. The minimum atomic E-state index is -4.87. The van der Waals surface area contributed by atoms with Crippen LogP contribution in [0.1, 0.15) is 40.7 Å². The van der Waals surface area contributed by atoms with Crippen molar-refractivity contribution in [1.82, 2.24) is 9.80 Å². The number of hydrogen-bond donors (Lipinski definition) is 2. The van der Waals surface area contributed by atoms with Crippen molar-refractivity contribution < 1.29 is 47.1 Å². The van der Waals surface area contributed by atoms with Crippen molar-refractivity contribution >= 4 is 17.5 Å². The number of carbonyl (C=O) groups is 1. The Kier molecular flexibility index (Phi) is 9.72. The van der Waals surface area contributed by atoms with Gasteiger partial charge in [-0.3, -0.25) is 4.79 Å². The van der Waals surface area contributed by atoms with Crippen LogP contribution in [-0.4, -0.2) is 95.8 Å². The average molecular weight is 691 g/mol. The number of halogens is 4. The minimum absolute atomic E-state index is 0.00314. The predicted molar refractivity (Wildman–Crippen MR) is 171 cm³/mol. The summed E-state index contributed by atoms with van der Waals surface area (Å²) in [6.07, 6.45) is -4.08. The molecule has 3 aromatic carbocycles. The van der Waals surface area contributed by atoms with Crippen molar-refractivity contribution in [3.63, 3.8) is 0 Å². The van der Waals surface area contributed by atoms with Gasteiger partial charge in [0.05, 0.1) is 19.2 Å². The van der Waals surface area contributed by atoms with Gasteiger partial charge in [0.1, 0.15) is 47.9 Å². The van der Waals surface area contributed by atoms with E-state index in [9.17, 15) is 28.2 Å². The molecule has 2 fully saturated rings. The average Bonchev–Trinajstić information content (AvgIpc) is 3.65. The second kappa shape index (κ2) is 13.7. The molecule has 258 valence electrons. The van der Waals surface area contributed by atoms with E-state index in [0.29, 0.717) is 36.2 Å². The summed E-state index contributed by atoms with van der Waals surface area (Å²) in [6, 6.07) is 17.4. The van der Waals surface area contributed by atoms with Gasteiger partial charge in [0.25, 0.3) is 5.91 Å². The molecule has 3 heterocycles. The zero-order chi connectivity index (χ0) is 34.1. The van der Waals surface area contributed by atoms with Gasteiger partial charge in [0.15, 0.2) is 5.60 Å². The third-order valence-corrected chi connectivity index (χ3v) is 9.57. The van der Waals surface area contributed by atoms with Gasteiger partial charge in [-0.15, -0.1) is 0 Å². The van der Waals surface area contributed by atoms with Gasteiger partial charge >= 0.3 is 6.18 Å². The molecule has 9 nitrogen and oxygen atoms in total. The molecule has 2 saturated heterocycles. The number of methoxy groups -OCH3 is 1. The standard InChI is InChI=1S/C35H38ClF3N2O7/c1-45-27-5-2-23(3-6-27)20-46-28-7-8-29(32(43)41-15-12-34(44,22-41)35(37,38)39)31(17-28)47-21-26(42)19-40-13-10-33(11-14-40)18-24-16-25(36)4-9-30(24)48-33/h2-9,16-17,26,42,44H,10-15,18-22H2,1H3/t26-,34?/m1/s1. The number of fused-ring (bicyclic) bond motifs is 1. The maximum Gasteiger partial charge on any atom is 0.419 e. The lowest BCUT2D eigenvalue weighted by Crippen LogP contribution is -2.49. The number of carbonyl (C=O) groups excluding carboxylic acids is 1. The van der Waals surface area contributed by atoms with Crippen LogP contribution >= 0.6 is 11.6 Å². The quantitative estimate of drug-likeness (QED) is 0.297. The number of nitrogens with zero attached hydrogens (tertiary/aromatic N) is 2. The van der Waals surface area contributed by atoms with E-state index in [1.807, 2.05) is 30.3 Å². The fourth-order valence-electron chi connectivity index (χ4n) is 6.51. The van der Waals surface area contributed by atoms with Gasteiger partial charge in [-0.2, -0.15) is 13.2 Å². The molecule has 0 aromatic heterocycles. The van der Waals surface area contributed by atoms with Gasteiger partial charge in [-0.1, -0.05) is 23.7 Å². The molecule has 0 saturated carbocycles. The third kappa shape index (κ3) is 7.46. The Morgan fingerprint density at radius 2 is 1.73 bits per heavy atom. The monoisotopic (exact) mass is 690 g/mol. The molecule has 2 atom stereocenters. The zero-order valence-corrected chi connectivity index (χ0v) is 27.2. The lowest BCUT2D eigenvalue weighted by atomic mass is 9.87. The Labute approximate surface area is 281 Å². The summed E-state index contributed by atoms with van der Waals surface area (Å²) in [5.41, 5.74) is -1.31. The molecule has 48 heavy (non-hydrogen) atoms. The first kappa shape index (κ1) is 34.2. The van der Waals surface area contributed by atoms with Crippen LogP contribution < -0.4 is 18.9 Å². The number of alkyl halides is 3. The summed E-state index contributed by atoms with van der Waals surface area (Å²) in [6.45, 7) is 0.592. The molecular formula is C35H38ClF3N2O7. The predicted octanol–water partition coefficient (Wildman–Crippen LogP) is 5.28.